The quantitative estimate of drug-likeness (QED) is 0.627. The van der Waals surface area contributed by atoms with Gasteiger partial charge in [-0.2, -0.15) is 0 Å². The second-order valence-corrected chi connectivity index (χ2v) is 10.6. The average Bonchev–Trinajstić information content (AvgIpc) is 3.42. The number of nitrogens with one attached hydrogen (secondary N) is 2. The minimum atomic E-state index is -1.28. The number of terminal acetylenes is 1. The van der Waals surface area contributed by atoms with Gasteiger partial charge >= 0.3 is 0 Å². The molecule has 0 spiro atoms. The smallest absolute Gasteiger partial charge is 0.262 e. The van der Waals surface area contributed by atoms with E-state index in [9.17, 15) is 18.6 Å². The summed E-state index contributed by atoms with van der Waals surface area (Å²) in [5.41, 5.74) is 0.818. The first-order chi connectivity index (χ1) is 15.8. The minimum Gasteiger partial charge on any atom is -0.370 e. The molecule has 0 saturated carbocycles. The molecule has 2 fully saturated rings. The van der Waals surface area contributed by atoms with Crippen molar-refractivity contribution in [1.29, 1.82) is 0 Å². The normalized spacial score (nSPS) is 22.6. The molecule has 172 valence electrons. The number of benzene rings is 1. The van der Waals surface area contributed by atoms with Crippen molar-refractivity contribution in [1.82, 2.24) is 5.32 Å². The molecule has 2 N–H and O–H groups in total. The molecule has 8 nitrogen and oxygen atoms in total. The largest absolute Gasteiger partial charge is 0.370 e. The summed E-state index contributed by atoms with van der Waals surface area (Å²) in [5, 5.41) is 5.67. The lowest BCUT2D eigenvalue weighted by Crippen LogP contribution is -2.57. The fraction of sp³-hybridized carbons (Fsp3) is 0.348. The SMILES string of the molecule is C#Cc1ccc(C(=O)NC2(C(=O)Nc3ccc(N4CCOCC4=O)c(C)c3)CCS(=O)C2)s1. The van der Waals surface area contributed by atoms with Gasteiger partial charge in [-0.15, -0.1) is 17.8 Å². The van der Waals surface area contributed by atoms with Gasteiger partial charge in [0.25, 0.3) is 17.7 Å². The summed E-state index contributed by atoms with van der Waals surface area (Å²) in [6.07, 6.45) is 5.65. The number of morpholine rings is 1. The molecular weight excluding hydrogens is 462 g/mol. The van der Waals surface area contributed by atoms with Crippen molar-refractivity contribution in [2.75, 3.05) is 41.5 Å². The summed E-state index contributed by atoms with van der Waals surface area (Å²) >= 11 is 1.16. The van der Waals surface area contributed by atoms with E-state index in [1.165, 1.54) is 0 Å². The summed E-state index contributed by atoms with van der Waals surface area (Å²) in [5.74, 6) is 1.88. The molecule has 2 unspecified atom stereocenters. The highest BCUT2D eigenvalue weighted by Crippen LogP contribution is 2.28. The third-order valence-electron chi connectivity index (χ3n) is 5.65. The minimum absolute atomic E-state index is 0.0390. The predicted molar refractivity (Wildman–Crippen MR) is 128 cm³/mol. The molecule has 0 bridgehead atoms. The molecule has 1 aromatic carbocycles. The Kier molecular flexibility index (Phi) is 6.65. The maximum absolute atomic E-state index is 13.3. The molecule has 2 aliphatic heterocycles. The van der Waals surface area contributed by atoms with E-state index in [1.807, 2.05) is 6.92 Å². The van der Waals surface area contributed by atoms with E-state index in [1.54, 1.807) is 35.2 Å². The number of rotatable bonds is 5. The number of ether oxygens (including phenoxy) is 1. The number of anilines is 2. The van der Waals surface area contributed by atoms with Crippen LogP contribution < -0.4 is 15.5 Å². The highest BCUT2D eigenvalue weighted by atomic mass is 32.2. The molecule has 2 saturated heterocycles. The molecular formula is C23H23N3O5S2. The Morgan fingerprint density at radius 3 is 2.76 bits per heavy atom. The highest BCUT2D eigenvalue weighted by molar-refractivity contribution is 7.85. The number of nitrogens with zero attached hydrogens (tertiary/aromatic N) is 1. The van der Waals surface area contributed by atoms with Gasteiger partial charge in [0.15, 0.2) is 0 Å². The van der Waals surface area contributed by atoms with E-state index in [-0.39, 0.29) is 24.7 Å². The monoisotopic (exact) mass is 485 g/mol. The van der Waals surface area contributed by atoms with Crippen molar-refractivity contribution in [2.24, 2.45) is 0 Å². The van der Waals surface area contributed by atoms with Crippen LogP contribution in [0.5, 0.6) is 0 Å². The van der Waals surface area contributed by atoms with Crippen molar-refractivity contribution in [3.8, 4) is 12.3 Å². The second-order valence-electron chi connectivity index (χ2n) is 7.94. The Morgan fingerprint density at radius 2 is 2.12 bits per heavy atom. The molecule has 2 atom stereocenters. The summed E-state index contributed by atoms with van der Waals surface area (Å²) in [6, 6.07) is 8.54. The lowest BCUT2D eigenvalue weighted by Gasteiger charge is -2.29. The molecule has 4 rings (SSSR count). The number of thiophene rings is 1. The number of hydrogen-bond donors (Lipinski definition) is 2. The Morgan fingerprint density at radius 1 is 1.30 bits per heavy atom. The van der Waals surface area contributed by atoms with Gasteiger partial charge < -0.3 is 20.3 Å². The molecule has 0 aliphatic carbocycles. The third-order valence-corrected chi connectivity index (χ3v) is 8.14. The standard InChI is InChI=1S/C23H23N3O5S2/c1-3-17-5-7-19(32-17)21(28)25-23(8-11-33(30)14-23)22(29)24-16-4-6-18(15(2)12-16)26-9-10-31-13-20(26)27/h1,4-7,12H,8-11,13-14H2,2H3,(H,24,29)(H,25,28). The Labute approximate surface area is 198 Å². The molecule has 2 aliphatic rings. The Bertz CT molecular complexity index is 1180. The third kappa shape index (κ3) is 4.85. The van der Waals surface area contributed by atoms with E-state index >= 15 is 0 Å². The van der Waals surface area contributed by atoms with Crippen molar-refractivity contribution in [2.45, 2.75) is 18.9 Å². The fourth-order valence-corrected chi connectivity index (χ4v) is 6.25. The molecule has 2 aromatic rings. The van der Waals surface area contributed by atoms with E-state index in [4.69, 9.17) is 11.2 Å². The van der Waals surface area contributed by atoms with Crippen LogP contribution in [-0.2, 0) is 25.1 Å². The molecule has 3 heterocycles. The van der Waals surface area contributed by atoms with E-state index < -0.39 is 28.2 Å². The predicted octanol–water partition coefficient (Wildman–Crippen LogP) is 1.66. The van der Waals surface area contributed by atoms with E-state index in [2.05, 4.69) is 16.6 Å². The number of carbonyl (C=O) groups is 3. The van der Waals surface area contributed by atoms with Crippen LogP contribution in [0.15, 0.2) is 30.3 Å². The maximum Gasteiger partial charge on any atom is 0.262 e. The Balaban J connectivity index is 1.52. The van der Waals surface area contributed by atoms with Gasteiger partial charge in [-0.3, -0.25) is 18.6 Å². The molecule has 33 heavy (non-hydrogen) atoms. The topological polar surface area (TPSA) is 105 Å². The summed E-state index contributed by atoms with van der Waals surface area (Å²) in [6.45, 7) is 2.84. The van der Waals surface area contributed by atoms with Gasteiger partial charge in [-0.1, -0.05) is 5.92 Å². The van der Waals surface area contributed by atoms with Crippen molar-refractivity contribution in [3.05, 3.63) is 45.6 Å². The molecule has 10 heteroatoms. The van der Waals surface area contributed by atoms with E-state index in [0.29, 0.717) is 34.3 Å². The van der Waals surface area contributed by atoms with E-state index in [0.717, 1.165) is 22.6 Å². The molecule has 3 amide bonds. The lowest BCUT2D eigenvalue weighted by molar-refractivity contribution is -0.125. The second kappa shape index (κ2) is 9.47. The van der Waals surface area contributed by atoms with Crippen molar-refractivity contribution in [3.63, 3.8) is 0 Å². The summed E-state index contributed by atoms with van der Waals surface area (Å²) in [7, 11) is -1.22. The van der Waals surface area contributed by atoms with Gasteiger partial charge in [0, 0.05) is 34.5 Å². The average molecular weight is 486 g/mol. The lowest BCUT2D eigenvalue weighted by atomic mass is 9.97. The van der Waals surface area contributed by atoms with Gasteiger partial charge in [-0.25, -0.2) is 0 Å². The van der Waals surface area contributed by atoms with Gasteiger partial charge in [-0.05, 0) is 49.2 Å². The number of hydrogen-bond acceptors (Lipinski definition) is 6. The van der Waals surface area contributed by atoms with Gasteiger partial charge in [0.1, 0.15) is 12.1 Å². The van der Waals surface area contributed by atoms with Crippen LogP contribution in [0.1, 0.15) is 26.5 Å². The number of amides is 3. The summed E-state index contributed by atoms with van der Waals surface area (Å²) < 4.78 is 17.4. The first-order valence-electron chi connectivity index (χ1n) is 10.4. The van der Waals surface area contributed by atoms with Crippen LogP contribution in [0.2, 0.25) is 0 Å². The van der Waals surface area contributed by atoms with Crippen molar-refractivity contribution < 1.29 is 23.3 Å². The first kappa shape index (κ1) is 23.2. The summed E-state index contributed by atoms with van der Waals surface area (Å²) in [4.78, 5) is 40.9. The van der Waals surface area contributed by atoms with Gasteiger partial charge in [0.2, 0.25) is 0 Å². The zero-order chi connectivity index (χ0) is 23.6. The zero-order valence-corrected chi connectivity index (χ0v) is 19.6. The molecule has 1 aromatic heterocycles. The zero-order valence-electron chi connectivity index (χ0n) is 18.0. The van der Waals surface area contributed by atoms with Crippen LogP contribution in [-0.4, -0.2) is 58.7 Å². The van der Waals surface area contributed by atoms with Crippen molar-refractivity contribution >= 4 is 51.2 Å². The van der Waals surface area contributed by atoms with Crippen LogP contribution in [0.3, 0.4) is 0 Å². The van der Waals surface area contributed by atoms with Crippen LogP contribution >= 0.6 is 11.3 Å². The fourth-order valence-electron chi connectivity index (χ4n) is 3.92. The van der Waals surface area contributed by atoms with Gasteiger partial charge in [0.05, 0.1) is 22.1 Å². The van der Waals surface area contributed by atoms with Crippen LogP contribution in [0, 0.1) is 19.3 Å². The first-order valence-corrected chi connectivity index (χ1v) is 12.7. The number of carbonyl (C=O) groups excluding carboxylic acids is 3. The van der Waals surface area contributed by atoms with Crippen LogP contribution in [0.4, 0.5) is 11.4 Å². The highest BCUT2D eigenvalue weighted by Gasteiger charge is 2.46. The Hall–Kier alpha value is -3.00. The number of aryl methyl sites for hydroxylation is 1. The molecule has 0 radical (unpaired) electrons. The van der Waals surface area contributed by atoms with Crippen LogP contribution in [0.25, 0.3) is 0 Å². The maximum atomic E-state index is 13.3.